The van der Waals surface area contributed by atoms with Gasteiger partial charge in [0.2, 0.25) is 0 Å². The molecule has 1 rings (SSSR count). The summed E-state index contributed by atoms with van der Waals surface area (Å²) in [5.41, 5.74) is 2.82. The van der Waals surface area contributed by atoms with E-state index in [2.05, 4.69) is 106 Å². The summed E-state index contributed by atoms with van der Waals surface area (Å²) in [6.07, 6.45) is 2.42. The van der Waals surface area contributed by atoms with E-state index in [1.807, 2.05) is 0 Å². The highest BCUT2D eigenvalue weighted by Gasteiger charge is 2.26. The first-order valence-corrected chi connectivity index (χ1v) is 15.6. The van der Waals surface area contributed by atoms with Crippen LogP contribution in [0.2, 0.25) is 39.3 Å². The largest absolute Gasteiger partial charge is 0.414 e. The van der Waals surface area contributed by atoms with Crippen LogP contribution in [0.1, 0.15) is 32.4 Å². The van der Waals surface area contributed by atoms with Crippen LogP contribution < -0.4 is 9.96 Å². The molecule has 1 aromatic rings. The Bertz CT molecular complexity index is 517. The number of hydrogen-bond acceptors (Lipinski definition) is 2. The quantitative estimate of drug-likeness (QED) is 0.663. The van der Waals surface area contributed by atoms with Gasteiger partial charge < -0.3 is 9.96 Å². The Labute approximate surface area is 146 Å². The molecular weight excluding hydrogens is 312 g/mol. The zero-order chi connectivity index (χ0) is 17.9. The van der Waals surface area contributed by atoms with Gasteiger partial charge in [-0.05, 0) is 11.6 Å². The Balaban J connectivity index is 3.27. The van der Waals surface area contributed by atoms with Gasteiger partial charge in [-0.1, -0.05) is 90.4 Å². The van der Waals surface area contributed by atoms with Crippen LogP contribution in [-0.4, -0.2) is 16.5 Å². The number of hydrogen-bond donors (Lipinski definition) is 2. The van der Waals surface area contributed by atoms with Gasteiger partial charge in [0.05, 0.1) is 0 Å². The van der Waals surface area contributed by atoms with Gasteiger partial charge in [0.15, 0.2) is 0 Å². The fourth-order valence-electron chi connectivity index (χ4n) is 2.40. The van der Waals surface area contributed by atoms with E-state index in [1.54, 1.807) is 0 Å². The zero-order valence-electron chi connectivity index (χ0n) is 16.5. The van der Waals surface area contributed by atoms with Crippen molar-refractivity contribution in [1.29, 1.82) is 0 Å². The zero-order valence-corrected chi connectivity index (χ0v) is 18.5. The predicted octanol–water partition coefficient (Wildman–Crippen LogP) is 5.51. The van der Waals surface area contributed by atoms with E-state index in [1.165, 1.54) is 11.3 Å². The molecule has 130 valence electrons. The molecule has 4 heteroatoms. The average Bonchev–Trinajstić information content (AvgIpc) is 2.34. The molecule has 0 fully saturated rings. The van der Waals surface area contributed by atoms with Gasteiger partial charge in [0.1, 0.15) is 16.5 Å². The Morgan fingerprint density at radius 2 is 1.43 bits per heavy atom. The van der Waals surface area contributed by atoms with Gasteiger partial charge in [-0.25, -0.2) is 0 Å². The first-order chi connectivity index (χ1) is 10.3. The van der Waals surface area contributed by atoms with Crippen molar-refractivity contribution in [3.05, 3.63) is 47.7 Å². The number of rotatable bonds is 6. The Hall–Kier alpha value is -0.846. The SMILES string of the molecule is CC(C)(C)/C(=C\C(N[Si](C)(C)C)c1ccccc1)N[Si](C)(C)C. The van der Waals surface area contributed by atoms with E-state index in [0.29, 0.717) is 0 Å². The van der Waals surface area contributed by atoms with Gasteiger partial charge in [-0.15, -0.1) is 0 Å². The topological polar surface area (TPSA) is 24.1 Å². The summed E-state index contributed by atoms with van der Waals surface area (Å²) in [6.45, 7) is 21.0. The Morgan fingerprint density at radius 1 is 0.913 bits per heavy atom. The van der Waals surface area contributed by atoms with Crippen LogP contribution in [0.3, 0.4) is 0 Å². The third-order valence-electron chi connectivity index (χ3n) is 3.40. The monoisotopic (exact) mass is 348 g/mol. The van der Waals surface area contributed by atoms with Gasteiger partial charge in [-0.3, -0.25) is 0 Å². The second-order valence-corrected chi connectivity index (χ2v) is 19.0. The minimum Gasteiger partial charge on any atom is -0.414 e. The van der Waals surface area contributed by atoms with E-state index in [0.717, 1.165) is 0 Å². The van der Waals surface area contributed by atoms with E-state index in [-0.39, 0.29) is 11.5 Å². The molecule has 2 nitrogen and oxygen atoms in total. The molecule has 1 unspecified atom stereocenters. The first-order valence-electron chi connectivity index (χ1n) is 8.61. The first kappa shape index (κ1) is 20.2. The number of allylic oxidation sites excluding steroid dienone is 1. The van der Waals surface area contributed by atoms with Crippen LogP contribution in [0.25, 0.3) is 0 Å². The number of nitrogens with one attached hydrogen (secondary N) is 2. The van der Waals surface area contributed by atoms with Crippen LogP contribution in [0, 0.1) is 5.41 Å². The summed E-state index contributed by atoms with van der Waals surface area (Å²) < 4.78 is 0. The fraction of sp³-hybridized carbons (Fsp3) is 0.579. The van der Waals surface area contributed by atoms with Crippen molar-refractivity contribution in [2.24, 2.45) is 5.41 Å². The van der Waals surface area contributed by atoms with Crippen LogP contribution >= 0.6 is 0 Å². The Kier molecular flexibility index (Phi) is 6.47. The summed E-state index contributed by atoms with van der Waals surface area (Å²) in [6, 6.07) is 11.1. The third-order valence-corrected chi connectivity index (χ3v) is 5.59. The van der Waals surface area contributed by atoms with E-state index in [4.69, 9.17) is 0 Å². The molecule has 0 aromatic heterocycles. The molecule has 0 radical (unpaired) electrons. The van der Waals surface area contributed by atoms with E-state index < -0.39 is 16.5 Å². The molecule has 0 aliphatic carbocycles. The molecule has 0 spiro atoms. The number of benzene rings is 1. The van der Waals surface area contributed by atoms with Gasteiger partial charge in [0, 0.05) is 17.2 Å². The third kappa shape index (κ3) is 8.00. The van der Waals surface area contributed by atoms with Crippen LogP contribution in [0.15, 0.2) is 42.1 Å². The van der Waals surface area contributed by atoms with Crippen LogP contribution in [0.4, 0.5) is 0 Å². The fourth-order valence-corrected chi connectivity index (χ4v) is 4.85. The van der Waals surface area contributed by atoms with Gasteiger partial charge in [-0.2, -0.15) is 0 Å². The highest BCUT2D eigenvalue weighted by molar-refractivity contribution is 6.74. The summed E-state index contributed by atoms with van der Waals surface area (Å²) >= 11 is 0. The molecule has 0 aliphatic heterocycles. The van der Waals surface area contributed by atoms with Crippen molar-refractivity contribution in [2.45, 2.75) is 66.1 Å². The molecule has 0 heterocycles. The maximum absolute atomic E-state index is 3.90. The standard InChI is InChI=1S/C19H36N2Si2/c1-19(2,3)18(21-23(7,8)9)15-17(20-22(4,5)6)16-13-11-10-12-14-16/h10-15,17,20-21H,1-9H3/b18-15+. The normalized spacial score (nSPS) is 15.4. The molecule has 0 amide bonds. The predicted molar refractivity (Wildman–Crippen MR) is 110 cm³/mol. The minimum atomic E-state index is -1.40. The van der Waals surface area contributed by atoms with Crippen molar-refractivity contribution in [3.63, 3.8) is 0 Å². The highest BCUT2D eigenvalue weighted by Crippen LogP contribution is 2.28. The summed E-state index contributed by atoms with van der Waals surface area (Å²) in [7, 11) is -2.79. The average molecular weight is 349 g/mol. The van der Waals surface area contributed by atoms with Gasteiger partial charge >= 0.3 is 0 Å². The molecule has 0 saturated carbocycles. The lowest BCUT2D eigenvalue weighted by atomic mass is 9.90. The van der Waals surface area contributed by atoms with Crippen molar-refractivity contribution in [2.75, 3.05) is 0 Å². The lowest BCUT2D eigenvalue weighted by molar-refractivity contribution is 0.478. The van der Waals surface area contributed by atoms with Crippen molar-refractivity contribution in [3.8, 4) is 0 Å². The minimum absolute atomic E-state index is 0.119. The van der Waals surface area contributed by atoms with Crippen molar-refractivity contribution in [1.82, 2.24) is 9.96 Å². The lowest BCUT2D eigenvalue weighted by Crippen LogP contribution is -2.46. The molecule has 1 atom stereocenters. The molecule has 23 heavy (non-hydrogen) atoms. The van der Waals surface area contributed by atoms with E-state index in [9.17, 15) is 0 Å². The second kappa shape index (κ2) is 7.37. The van der Waals surface area contributed by atoms with Crippen molar-refractivity contribution >= 4 is 16.5 Å². The summed E-state index contributed by atoms with van der Waals surface area (Å²) in [4.78, 5) is 7.76. The molecular formula is C19H36N2Si2. The smallest absolute Gasteiger partial charge is 0.143 e. The van der Waals surface area contributed by atoms with Gasteiger partial charge in [0.25, 0.3) is 0 Å². The molecule has 0 bridgehead atoms. The summed E-state index contributed by atoms with van der Waals surface area (Å²) in [5, 5.41) is 0. The lowest BCUT2D eigenvalue weighted by Gasteiger charge is -2.34. The maximum Gasteiger partial charge on any atom is 0.143 e. The molecule has 2 N–H and O–H groups in total. The molecule has 0 saturated heterocycles. The highest BCUT2D eigenvalue weighted by atomic mass is 28.3. The molecule has 0 aliphatic rings. The van der Waals surface area contributed by atoms with E-state index >= 15 is 0 Å². The summed E-state index contributed by atoms with van der Waals surface area (Å²) in [5.74, 6) is 0. The molecule has 1 aromatic carbocycles. The second-order valence-electron chi connectivity index (χ2n) is 9.49. The Morgan fingerprint density at radius 3 is 1.83 bits per heavy atom. The maximum atomic E-state index is 3.90. The van der Waals surface area contributed by atoms with Crippen molar-refractivity contribution < 1.29 is 0 Å². The van der Waals surface area contributed by atoms with Crippen LogP contribution in [0.5, 0.6) is 0 Å². The van der Waals surface area contributed by atoms with Crippen LogP contribution in [-0.2, 0) is 0 Å².